The second kappa shape index (κ2) is 6.80. The summed E-state index contributed by atoms with van der Waals surface area (Å²) in [5, 5.41) is 4.38. The number of carbonyl (C=O) groups is 1. The van der Waals surface area contributed by atoms with Crippen molar-refractivity contribution in [2.75, 3.05) is 5.32 Å². The average Bonchev–Trinajstić information content (AvgIpc) is 2.99. The molecule has 0 atom stereocenters. The topological polar surface area (TPSA) is 63.2 Å². The zero-order chi connectivity index (χ0) is 16.2. The van der Waals surface area contributed by atoms with Gasteiger partial charge in [0.1, 0.15) is 0 Å². The Kier molecular flexibility index (Phi) is 5.04. The van der Waals surface area contributed by atoms with Gasteiger partial charge in [0.2, 0.25) is 15.7 Å². The lowest BCUT2D eigenvalue weighted by atomic mass is 10.3. The summed E-state index contributed by atoms with van der Waals surface area (Å²) in [6.07, 6.45) is 2.96. The van der Waals surface area contributed by atoms with Gasteiger partial charge in [-0.15, -0.1) is 11.3 Å². The molecule has 8 heteroatoms. The summed E-state index contributed by atoms with van der Waals surface area (Å²) < 4.78 is 47.3. The summed E-state index contributed by atoms with van der Waals surface area (Å²) in [6, 6.07) is 8.27. The van der Waals surface area contributed by atoms with E-state index in [1.54, 1.807) is 6.08 Å². The molecule has 0 saturated heterocycles. The van der Waals surface area contributed by atoms with Crippen molar-refractivity contribution in [2.45, 2.75) is 10.7 Å². The number of rotatable bonds is 5. The number of benzene rings is 1. The van der Waals surface area contributed by atoms with E-state index in [0.717, 1.165) is 17.0 Å². The number of sulfone groups is 1. The highest BCUT2D eigenvalue weighted by Crippen LogP contribution is 2.20. The highest BCUT2D eigenvalue weighted by atomic mass is 32.2. The summed E-state index contributed by atoms with van der Waals surface area (Å²) in [6.45, 7) is 0. The number of halogens is 2. The van der Waals surface area contributed by atoms with E-state index in [9.17, 15) is 22.0 Å². The molecular weight excluding hydrogens is 332 g/mol. The quantitative estimate of drug-likeness (QED) is 0.847. The smallest absolute Gasteiger partial charge is 0.323 e. The highest BCUT2D eigenvalue weighted by Gasteiger charge is 2.26. The van der Waals surface area contributed by atoms with Crippen LogP contribution in [0.25, 0.3) is 6.08 Å². The molecule has 1 N–H and O–H groups in total. The molecule has 0 aliphatic rings. The maximum atomic E-state index is 12.4. The standard InChI is InChI=1S/C14H11F2NO3S2/c15-14(16)22(19,20)12-6-3-10(4-7-12)17-13(18)8-5-11-2-1-9-21-11/h1-9,14H,(H,17,18)/b8-5+. The first-order valence-corrected chi connectivity index (χ1v) is 8.47. The molecule has 2 aromatic rings. The predicted octanol–water partition coefficient (Wildman–Crippen LogP) is 3.40. The van der Waals surface area contributed by atoms with Gasteiger partial charge in [-0.2, -0.15) is 8.78 Å². The first kappa shape index (κ1) is 16.3. The summed E-state index contributed by atoms with van der Waals surface area (Å²) in [7, 11) is -4.62. The van der Waals surface area contributed by atoms with Gasteiger partial charge in [-0.1, -0.05) is 6.07 Å². The van der Waals surface area contributed by atoms with Gasteiger partial charge in [0, 0.05) is 16.6 Å². The van der Waals surface area contributed by atoms with E-state index < -0.39 is 26.4 Å². The van der Waals surface area contributed by atoms with Crippen molar-refractivity contribution in [1.82, 2.24) is 0 Å². The number of thiophene rings is 1. The molecule has 0 aliphatic heterocycles. The molecule has 22 heavy (non-hydrogen) atoms. The second-order valence-corrected chi connectivity index (χ2v) is 7.07. The maximum Gasteiger partial charge on any atom is 0.341 e. The van der Waals surface area contributed by atoms with Crippen molar-refractivity contribution in [2.24, 2.45) is 0 Å². The van der Waals surface area contributed by atoms with E-state index in [4.69, 9.17) is 0 Å². The van der Waals surface area contributed by atoms with Crippen molar-refractivity contribution < 1.29 is 22.0 Å². The van der Waals surface area contributed by atoms with Crippen molar-refractivity contribution in [1.29, 1.82) is 0 Å². The summed E-state index contributed by atoms with van der Waals surface area (Å²) in [5.74, 6) is -3.88. The zero-order valence-corrected chi connectivity index (χ0v) is 12.7. The molecule has 0 bridgehead atoms. The molecule has 116 valence electrons. The van der Waals surface area contributed by atoms with E-state index in [2.05, 4.69) is 5.32 Å². The molecule has 0 aliphatic carbocycles. The van der Waals surface area contributed by atoms with Crippen LogP contribution in [0, 0.1) is 0 Å². The molecule has 1 aromatic heterocycles. The van der Waals surface area contributed by atoms with Crippen LogP contribution in [0.3, 0.4) is 0 Å². The minimum atomic E-state index is -4.62. The fraction of sp³-hybridized carbons (Fsp3) is 0.0714. The fourth-order valence-electron chi connectivity index (χ4n) is 1.56. The van der Waals surface area contributed by atoms with Crippen LogP contribution in [0.5, 0.6) is 0 Å². The molecule has 4 nitrogen and oxygen atoms in total. The lowest BCUT2D eigenvalue weighted by Gasteiger charge is -2.05. The minimum Gasteiger partial charge on any atom is -0.323 e. The SMILES string of the molecule is O=C(/C=C/c1cccs1)Nc1ccc(S(=O)(=O)C(F)F)cc1. The van der Waals surface area contributed by atoms with Gasteiger partial charge in [0.05, 0.1) is 4.90 Å². The Morgan fingerprint density at radius 1 is 1.18 bits per heavy atom. The van der Waals surface area contributed by atoms with Crippen LogP contribution in [0.4, 0.5) is 14.5 Å². The molecule has 2 rings (SSSR count). The van der Waals surface area contributed by atoms with Crippen molar-refractivity contribution in [3.05, 3.63) is 52.7 Å². The molecule has 1 aromatic carbocycles. The number of anilines is 1. The first-order valence-electron chi connectivity index (χ1n) is 6.04. The normalized spacial score (nSPS) is 12.0. The van der Waals surface area contributed by atoms with E-state index in [1.807, 2.05) is 17.5 Å². The number of hydrogen-bond donors (Lipinski definition) is 1. The molecule has 0 saturated carbocycles. The number of hydrogen-bond acceptors (Lipinski definition) is 4. The van der Waals surface area contributed by atoms with Gasteiger partial charge in [-0.25, -0.2) is 8.42 Å². The summed E-state index contributed by atoms with van der Waals surface area (Å²) in [4.78, 5) is 12.1. The van der Waals surface area contributed by atoms with E-state index >= 15 is 0 Å². The van der Waals surface area contributed by atoms with Gasteiger partial charge in [0.25, 0.3) is 0 Å². The van der Waals surface area contributed by atoms with Crippen LogP contribution >= 0.6 is 11.3 Å². The van der Waals surface area contributed by atoms with E-state index in [1.165, 1.54) is 29.5 Å². The van der Waals surface area contributed by atoms with Gasteiger partial charge in [0.15, 0.2) is 0 Å². The van der Waals surface area contributed by atoms with Gasteiger partial charge in [-0.05, 0) is 41.8 Å². The Hall–Kier alpha value is -2.06. The highest BCUT2D eigenvalue weighted by molar-refractivity contribution is 7.91. The number of nitrogens with one attached hydrogen (secondary N) is 1. The number of amides is 1. The number of alkyl halides is 2. The fourth-order valence-corrected chi connectivity index (χ4v) is 2.90. The van der Waals surface area contributed by atoms with Gasteiger partial charge < -0.3 is 5.32 Å². The second-order valence-electron chi connectivity index (χ2n) is 4.17. The molecule has 1 heterocycles. The Morgan fingerprint density at radius 3 is 2.41 bits per heavy atom. The Balaban J connectivity index is 2.04. The minimum absolute atomic E-state index is 0.314. The third-order valence-electron chi connectivity index (χ3n) is 2.63. The third kappa shape index (κ3) is 3.99. The van der Waals surface area contributed by atoms with Crippen LogP contribution in [0.15, 0.2) is 52.7 Å². The van der Waals surface area contributed by atoms with E-state index in [-0.39, 0.29) is 0 Å². The van der Waals surface area contributed by atoms with Crippen LogP contribution in [-0.4, -0.2) is 20.1 Å². The first-order chi connectivity index (χ1) is 10.4. The Labute approximate surface area is 130 Å². The average molecular weight is 343 g/mol. The lowest BCUT2D eigenvalue weighted by molar-refractivity contribution is -0.111. The Morgan fingerprint density at radius 2 is 1.86 bits per heavy atom. The summed E-state index contributed by atoms with van der Waals surface area (Å²) >= 11 is 1.47. The van der Waals surface area contributed by atoms with Gasteiger partial charge >= 0.3 is 5.76 Å². The van der Waals surface area contributed by atoms with Crippen molar-refractivity contribution in [3.63, 3.8) is 0 Å². The summed E-state index contributed by atoms with van der Waals surface area (Å²) in [5.41, 5.74) is 0.314. The van der Waals surface area contributed by atoms with Crippen LogP contribution in [-0.2, 0) is 14.6 Å². The van der Waals surface area contributed by atoms with Crippen molar-refractivity contribution >= 4 is 38.8 Å². The van der Waals surface area contributed by atoms with E-state index in [0.29, 0.717) is 5.69 Å². The molecular formula is C14H11F2NO3S2. The van der Waals surface area contributed by atoms with Crippen LogP contribution in [0.1, 0.15) is 4.88 Å². The van der Waals surface area contributed by atoms with Gasteiger partial charge in [-0.3, -0.25) is 4.79 Å². The third-order valence-corrected chi connectivity index (χ3v) is 4.86. The maximum absolute atomic E-state index is 12.4. The molecule has 1 amide bonds. The van der Waals surface area contributed by atoms with Crippen molar-refractivity contribution in [3.8, 4) is 0 Å². The Bertz CT molecular complexity index is 767. The predicted molar refractivity (Wildman–Crippen MR) is 81.6 cm³/mol. The lowest BCUT2D eigenvalue weighted by Crippen LogP contribution is -2.12. The van der Waals surface area contributed by atoms with Crippen LogP contribution in [0.2, 0.25) is 0 Å². The zero-order valence-electron chi connectivity index (χ0n) is 11.1. The molecule has 0 spiro atoms. The largest absolute Gasteiger partial charge is 0.341 e. The number of carbonyl (C=O) groups excluding carboxylic acids is 1. The molecule has 0 radical (unpaired) electrons. The van der Waals surface area contributed by atoms with Crippen LogP contribution < -0.4 is 5.32 Å². The molecule has 0 unspecified atom stereocenters. The monoisotopic (exact) mass is 343 g/mol. The molecule has 0 fully saturated rings.